The van der Waals surface area contributed by atoms with Crippen LogP contribution >= 0.6 is 0 Å². The maximum absolute atomic E-state index is 14.0. The molecule has 1 spiro atoms. The Morgan fingerprint density at radius 3 is 2.49 bits per heavy atom. The number of ether oxygens (including phenoxy) is 1. The molecule has 5 heterocycles. The molecule has 51 heavy (non-hydrogen) atoms. The number of aryl methyl sites for hydroxylation is 1. The zero-order valence-corrected chi connectivity index (χ0v) is 29.4. The smallest absolute Gasteiger partial charge is 0.422 e. The summed E-state index contributed by atoms with van der Waals surface area (Å²) in [6.45, 7) is 9.84. The second-order valence-corrected chi connectivity index (χ2v) is 15.0. The molecule has 2 aromatic heterocycles. The van der Waals surface area contributed by atoms with Crippen LogP contribution in [0.2, 0.25) is 0 Å². The van der Waals surface area contributed by atoms with Gasteiger partial charge in [0.15, 0.2) is 12.4 Å². The van der Waals surface area contributed by atoms with Gasteiger partial charge in [-0.3, -0.25) is 14.8 Å². The third kappa shape index (κ3) is 6.24. The van der Waals surface area contributed by atoms with Crippen molar-refractivity contribution in [2.45, 2.75) is 64.6 Å². The Bertz CT molecular complexity index is 1960. The van der Waals surface area contributed by atoms with Crippen molar-refractivity contribution >= 4 is 39.5 Å². The number of piperidine rings is 1. The highest BCUT2D eigenvalue weighted by Gasteiger charge is 2.46. The van der Waals surface area contributed by atoms with Gasteiger partial charge in [-0.05, 0) is 73.9 Å². The number of halogens is 3. The fourth-order valence-electron chi connectivity index (χ4n) is 8.41. The van der Waals surface area contributed by atoms with E-state index in [1.807, 2.05) is 24.0 Å². The average molecular weight is 707 g/mol. The average Bonchev–Trinajstić information content (AvgIpc) is 3.80. The van der Waals surface area contributed by atoms with Crippen molar-refractivity contribution in [3.8, 4) is 16.9 Å². The van der Waals surface area contributed by atoms with Crippen LogP contribution in [-0.4, -0.2) is 119 Å². The van der Waals surface area contributed by atoms with E-state index in [1.54, 1.807) is 13.1 Å². The van der Waals surface area contributed by atoms with Gasteiger partial charge >= 0.3 is 6.18 Å². The quantitative estimate of drug-likeness (QED) is 0.228. The maximum atomic E-state index is 14.0. The van der Waals surface area contributed by atoms with E-state index < -0.39 is 12.8 Å². The molecule has 8 rings (SSSR count). The predicted molar refractivity (Wildman–Crippen MR) is 189 cm³/mol. The molecule has 0 bridgehead atoms. The van der Waals surface area contributed by atoms with Gasteiger partial charge in [-0.25, -0.2) is 4.98 Å². The number of carbonyl (C=O) groups is 1. The molecular formula is C37H45F3N8O3. The summed E-state index contributed by atoms with van der Waals surface area (Å²) in [7, 11) is 0. The summed E-state index contributed by atoms with van der Waals surface area (Å²) < 4.78 is 48.1. The summed E-state index contributed by atoms with van der Waals surface area (Å²) in [5, 5.41) is 18.4. The highest BCUT2D eigenvalue weighted by Crippen LogP contribution is 2.53. The molecule has 0 atom stereocenters. The Morgan fingerprint density at radius 1 is 1.10 bits per heavy atom. The Labute approximate surface area is 294 Å². The minimum absolute atomic E-state index is 0.0659. The zero-order valence-electron chi connectivity index (χ0n) is 29.4. The van der Waals surface area contributed by atoms with Crippen LogP contribution < -0.4 is 14.5 Å². The lowest BCUT2D eigenvalue weighted by Crippen LogP contribution is -2.61. The topological polar surface area (TPSA) is 114 Å². The Hall–Kier alpha value is -4.17. The van der Waals surface area contributed by atoms with Crippen molar-refractivity contribution in [2.24, 2.45) is 5.41 Å². The number of likely N-dealkylation sites (tertiary alicyclic amines) is 1. The van der Waals surface area contributed by atoms with Crippen LogP contribution in [-0.2, 0) is 4.79 Å². The molecule has 2 N–H and O–H groups in total. The van der Waals surface area contributed by atoms with Crippen molar-refractivity contribution in [1.29, 1.82) is 0 Å². The van der Waals surface area contributed by atoms with Crippen molar-refractivity contribution in [1.82, 2.24) is 30.0 Å². The first kappa shape index (κ1) is 33.9. The van der Waals surface area contributed by atoms with Gasteiger partial charge in [-0.2, -0.15) is 23.3 Å². The van der Waals surface area contributed by atoms with Crippen LogP contribution in [0.15, 0.2) is 24.4 Å². The van der Waals surface area contributed by atoms with Gasteiger partial charge in [0.2, 0.25) is 11.9 Å². The normalized spacial score (nSPS) is 19.3. The maximum Gasteiger partial charge on any atom is 0.422 e. The summed E-state index contributed by atoms with van der Waals surface area (Å²) in [6, 6.07) is 6.22. The number of alkyl halides is 3. The molecule has 1 aliphatic carbocycles. The van der Waals surface area contributed by atoms with Gasteiger partial charge < -0.3 is 24.5 Å². The first-order valence-corrected chi connectivity index (χ1v) is 18.1. The molecule has 14 heteroatoms. The highest BCUT2D eigenvalue weighted by atomic mass is 19.4. The standard InChI is InChI=1S/C37H45F3N8O3/c1-4-45(13-14-49)25-17-47(18-25)35-42-32-27(34(43-35)46-11-9-36(10-12-46)19-48(20-36)23(3)50)15-26(24-6-7-24)31(33(32)51-21-37(38,39)40)30-22(2)5-8-29-28(30)16-41-44-29/h5,8,15-16,24-25,49H,4,6-7,9-14,17-21H2,1-3H3,(H,41,44). The van der Waals surface area contributed by atoms with Gasteiger partial charge in [0.05, 0.1) is 18.3 Å². The number of hydrogen-bond donors (Lipinski definition) is 2. The van der Waals surface area contributed by atoms with Crippen LogP contribution in [0, 0.1) is 12.3 Å². The first-order chi connectivity index (χ1) is 24.5. The molecule has 0 radical (unpaired) electrons. The SMILES string of the molecule is CCN(CCO)C1CN(c2nc(N3CCC4(CC3)CN(C(C)=O)C4)c3cc(C4CC4)c(-c4c(C)ccc5[nH]ncc45)c(OCC(F)(F)F)c3n2)C1. The highest BCUT2D eigenvalue weighted by molar-refractivity contribution is 6.06. The van der Waals surface area contributed by atoms with Crippen molar-refractivity contribution in [2.75, 3.05) is 75.4 Å². The number of amides is 1. The fraction of sp³-hybridized carbons (Fsp3) is 0.568. The molecule has 4 aliphatic rings. The number of aromatic amines is 1. The summed E-state index contributed by atoms with van der Waals surface area (Å²) in [4.78, 5) is 30.7. The minimum atomic E-state index is -4.56. The third-order valence-electron chi connectivity index (χ3n) is 11.5. The number of fused-ring (bicyclic) bond motifs is 2. The van der Waals surface area contributed by atoms with Gasteiger partial charge in [-0.15, -0.1) is 0 Å². The van der Waals surface area contributed by atoms with Crippen LogP contribution in [0.1, 0.15) is 56.6 Å². The molecule has 4 aromatic rings. The number of aliphatic hydroxyl groups excluding tert-OH is 1. The molecule has 272 valence electrons. The monoisotopic (exact) mass is 706 g/mol. The van der Waals surface area contributed by atoms with Gasteiger partial charge in [0.1, 0.15) is 11.3 Å². The molecule has 11 nitrogen and oxygen atoms in total. The number of H-pyrrole nitrogens is 1. The summed E-state index contributed by atoms with van der Waals surface area (Å²) in [5.74, 6) is 1.57. The van der Waals surface area contributed by atoms with Gasteiger partial charge in [-0.1, -0.05) is 13.0 Å². The van der Waals surface area contributed by atoms with Gasteiger partial charge in [0, 0.05) is 80.5 Å². The van der Waals surface area contributed by atoms with Crippen molar-refractivity contribution in [3.63, 3.8) is 0 Å². The van der Waals surface area contributed by atoms with E-state index in [1.165, 1.54) is 0 Å². The second-order valence-electron chi connectivity index (χ2n) is 15.0. The lowest BCUT2D eigenvalue weighted by Gasteiger charge is -2.54. The third-order valence-corrected chi connectivity index (χ3v) is 11.5. The van der Waals surface area contributed by atoms with E-state index in [0.29, 0.717) is 61.0 Å². The number of carbonyl (C=O) groups excluding carboxylic acids is 1. The summed E-state index contributed by atoms with van der Waals surface area (Å²) in [5.41, 5.74) is 4.56. The van der Waals surface area contributed by atoms with Crippen LogP contribution in [0.5, 0.6) is 5.75 Å². The number of benzene rings is 2. The molecule has 1 saturated carbocycles. The molecule has 2 aromatic carbocycles. The van der Waals surface area contributed by atoms with E-state index in [-0.39, 0.29) is 35.6 Å². The van der Waals surface area contributed by atoms with E-state index >= 15 is 0 Å². The van der Waals surface area contributed by atoms with E-state index in [2.05, 4.69) is 37.9 Å². The summed E-state index contributed by atoms with van der Waals surface area (Å²) >= 11 is 0. The minimum Gasteiger partial charge on any atom is -0.481 e. The van der Waals surface area contributed by atoms with Crippen molar-refractivity contribution < 1.29 is 27.8 Å². The van der Waals surface area contributed by atoms with Crippen LogP contribution in [0.4, 0.5) is 24.9 Å². The molecule has 1 amide bonds. The Morgan fingerprint density at radius 2 is 1.84 bits per heavy atom. The van der Waals surface area contributed by atoms with Crippen LogP contribution in [0.25, 0.3) is 32.9 Å². The Balaban J connectivity index is 1.29. The number of rotatable bonds is 10. The Kier molecular flexibility index (Phi) is 8.52. The largest absolute Gasteiger partial charge is 0.481 e. The summed E-state index contributed by atoms with van der Waals surface area (Å²) in [6.07, 6.45) is 0.814. The van der Waals surface area contributed by atoms with E-state index in [0.717, 1.165) is 72.9 Å². The van der Waals surface area contributed by atoms with E-state index in [9.17, 15) is 23.1 Å². The number of hydrogen-bond acceptors (Lipinski definition) is 9. The lowest BCUT2D eigenvalue weighted by atomic mass is 9.72. The predicted octanol–water partition coefficient (Wildman–Crippen LogP) is 5.25. The number of anilines is 2. The molecule has 0 unspecified atom stereocenters. The van der Waals surface area contributed by atoms with E-state index in [4.69, 9.17) is 14.7 Å². The molecule has 3 saturated heterocycles. The number of aliphatic hydroxyl groups is 1. The van der Waals surface area contributed by atoms with Crippen LogP contribution in [0.3, 0.4) is 0 Å². The number of nitrogens with one attached hydrogen (secondary N) is 1. The molecule has 3 aliphatic heterocycles. The zero-order chi connectivity index (χ0) is 35.7. The van der Waals surface area contributed by atoms with Crippen molar-refractivity contribution in [3.05, 3.63) is 35.5 Å². The second kappa shape index (κ2) is 12.8. The molecular weight excluding hydrogens is 661 g/mol. The fourth-order valence-corrected chi connectivity index (χ4v) is 8.41. The lowest BCUT2D eigenvalue weighted by molar-refractivity contribution is -0.153. The first-order valence-electron chi connectivity index (χ1n) is 18.1. The molecule has 4 fully saturated rings. The van der Waals surface area contributed by atoms with Gasteiger partial charge in [0.25, 0.3) is 0 Å². The number of likely N-dealkylation sites (N-methyl/N-ethyl adjacent to an activating group) is 1. The number of nitrogens with zero attached hydrogens (tertiary/aromatic N) is 7. The number of aromatic nitrogens is 4.